The minimum absolute atomic E-state index is 0.309. The Balaban J connectivity index is 1.92. The van der Waals surface area contributed by atoms with Gasteiger partial charge in [-0.25, -0.2) is 13.8 Å². The number of nitrogens with zero attached hydrogens (tertiary/aromatic N) is 2. The molecule has 0 aliphatic carbocycles. The zero-order valence-corrected chi connectivity index (χ0v) is 9.45. The fourth-order valence-electron chi connectivity index (χ4n) is 1.58. The SMILES string of the molecule is Cc1nccn1CCNc1ccc(F)cc1F. The van der Waals surface area contributed by atoms with E-state index in [4.69, 9.17) is 0 Å². The second kappa shape index (κ2) is 4.95. The molecular weight excluding hydrogens is 224 g/mol. The van der Waals surface area contributed by atoms with Crippen molar-refractivity contribution in [3.05, 3.63) is 48.1 Å². The first-order valence-corrected chi connectivity index (χ1v) is 5.33. The Morgan fingerprint density at radius 3 is 2.82 bits per heavy atom. The number of rotatable bonds is 4. The topological polar surface area (TPSA) is 29.9 Å². The van der Waals surface area contributed by atoms with E-state index < -0.39 is 11.6 Å². The summed E-state index contributed by atoms with van der Waals surface area (Å²) in [6.07, 6.45) is 3.58. The molecular formula is C12H13F2N3. The quantitative estimate of drug-likeness (QED) is 0.885. The summed E-state index contributed by atoms with van der Waals surface area (Å²) in [5.74, 6) is -0.239. The molecule has 2 aromatic rings. The van der Waals surface area contributed by atoms with Crippen molar-refractivity contribution in [3.63, 3.8) is 0 Å². The monoisotopic (exact) mass is 237 g/mol. The van der Waals surface area contributed by atoms with E-state index >= 15 is 0 Å². The van der Waals surface area contributed by atoms with Crippen molar-refractivity contribution >= 4 is 5.69 Å². The molecule has 0 unspecified atom stereocenters. The summed E-state index contributed by atoms with van der Waals surface area (Å²) >= 11 is 0. The average molecular weight is 237 g/mol. The van der Waals surface area contributed by atoms with Crippen LogP contribution in [-0.2, 0) is 6.54 Å². The summed E-state index contributed by atoms with van der Waals surface area (Å²) in [4.78, 5) is 4.08. The maximum absolute atomic E-state index is 13.3. The molecule has 1 N–H and O–H groups in total. The van der Waals surface area contributed by atoms with Crippen molar-refractivity contribution in [2.45, 2.75) is 13.5 Å². The van der Waals surface area contributed by atoms with Gasteiger partial charge < -0.3 is 9.88 Å². The third kappa shape index (κ3) is 2.81. The van der Waals surface area contributed by atoms with Gasteiger partial charge in [0.2, 0.25) is 0 Å². The van der Waals surface area contributed by atoms with E-state index in [-0.39, 0.29) is 0 Å². The zero-order chi connectivity index (χ0) is 12.3. The lowest BCUT2D eigenvalue weighted by Crippen LogP contribution is -2.11. The molecule has 0 fully saturated rings. The van der Waals surface area contributed by atoms with Crippen LogP contribution in [0.5, 0.6) is 0 Å². The first kappa shape index (κ1) is 11.6. The highest BCUT2D eigenvalue weighted by atomic mass is 19.1. The van der Waals surface area contributed by atoms with Crippen LogP contribution in [0.3, 0.4) is 0 Å². The van der Waals surface area contributed by atoms with Crippen molar-refractivity contribution in [1.82, 2.24) is 9.55 Å². The van der Waals surface area contributed by atoms with Crippen molar-refractivity contribution in [2.24, 2.45) is 0 Å². The lowest BCUT2D eigenvalue weighted by atomic mass is 10.3. The highest BCUT2D eigenvalue weighted by Crippen LogP contribution is 2.14. The maximum atomic E-state index is 13.3. The van der Waals surface area contributed by atoms with Gasteiger partial charge in [-0.1, -0.05) is 0 Å². The molecule has 0 amide bonds. The predicted molar refractivity (Wildman–Crippen MR) is 61.8 cm³/mol. The largest absolute Gasteiger partial charge is 0.381 e. The van der Waals surface area contributed by atoms with Crippen LogP contribution in [-0.4, -0.2) is 16.1 Å². The van der Waals surface area contributed by atoms with Gasteiger partial charge in [0.1, 0.15) is 17.5 Å². The van der Waals surface area contributed by atoms with E-state index in [9.17, 15) is 8.78 Å². The number of aryl methyl sites for hydroxylation is 1. The van der Waals surface area contributed by atoms with E-state index in [1.165, 1.54) is 12.1 Å². The Bertz CT molecular complexity index is 508. The Morgan fingerprint density at radius 1 is 1.35 bits per heavy atom. The molecule has 1 aromatic heterocycles. The summed E-state index contributed by atoms with van der Waals surface area (Å²) in [5.41, 5.74) is 0.309. The van der Waals surface area contributed by atoms with Gasteiger partial charge in [0.15, 0.2) is 0 Å². The molecule has 0 saturated carbocycles. The minimum atomic E-state index is -0.577. The standard InChI is InChI=1S/C12H13F2N3/c1-9-15-4-6-17(9)7-5-16-12-3-2-10(13)8-11(12)14/h2-4,6,8,16H,5,7H2,1H3. The van der Waals surface area contributed by atoms with Crippen LogP contribution >= 0.6 is 0 Å². The van der Waals surface area contributed by atoms with Gasteiger partial charge in [-0.3, -0.25) is 0 Å². The van der Waals surface area contributed by atoms with Crippen LogP contribution in [0.2, 0.25) is 0 Å². The number of hydrogen-bond acceptors (Lipinski definition) is 2. The average Bonchev–Trinajstić information content (AvgIpc) is 2.68. The van der Waals surface area contributed by atoms with E-state index in [2.05, 4.69) is 10.3 Å². The van der Waals surface area contributed by atoms with E-state index in [0.29, 0.717) is 18.8 Å². The molecule has 1 aromatic carbocycles. The molecule has 17 heavy (non-hydrogen) atoms. The van der Waals surface area contributed by atoms with Crippen LogP contribution in [0.15, 0.2) is 30.6 Å². The molecule has 5 heteroatoms. The maximum Gasteiger partial charge on any atom is 0.149 e. The highest BCUT2D eigenvalue weighted by Gasteiger charge is 2.03. The summed E-state index contributed by atoms with van der Waals surface area (Å²) in [6.45, 7) is 3.14. The highest BCUT2D eigenvalue weighted by molar-refractivity contribution is 5.44. The number of benzene rings is 1. The Hall–Kier alpha value is -1.91. The third-order valence-electron chi connectivity index (χ3n) is 2.52. The Kier molecular flexibility index (Phi) is 3.37. The van der Waals surface area contributed by atoms with Gasteiger partial charge in [0.25, 0.3) is 0 Å². The number of aromatic nitrogens is 2. The summed E-state index contributed by atoms with van der Waals surface area (Å²) < 4.78 is 27.9. The smallest absolute Gasteiger partial charge is 0.149 e. The Morgan fingerprint density at radius 2 is 2.18 bits per heavy atom. The van der Waals surface area contributed by atoms with Crippen LogP contribution in [0.25, 0.3) is 0 Å². The first-order chi connectivity index (χ1) is 8.16. The van der Waals surface area contributed by atoms with Crippen molar-refractivity contribution < 1.29 is 8.78 Å². The van der Waals surface area contributed by atoms with Crippen LogP contribution in [0, 0.1) is 18.6 Å². The zero-order valence-electron chi connectivity index (χ0n) is 9.45. The molecule has 0 radical (unpaired) electrons. The fraction of sp³-hybridized carbons (Fsp3) is 0.250. The minimum Gasteiger partial charge on any atom is -0.381 e. The normalized spacial score (nSPS) is 10.5. The molecule has 0 aliphatic rings. The lowest BCUT2D eigenvalue weighted by molar-refractivity contribution is 0.584. The fourth-order valence-corrected chi connectivity index (χ4v) is 1.58. The summed E-state index contributed by atoms with van der Waals surface area (Å²) in [7, 11) is 0. The first-order valence-electron chi connectivity index (χ1n) is 5.33. The number of anilines is 1. The second-order valence-corrected chi connectivity index (χ2v) is 3.72. The molecule has 0 aliphatic heterocycles. The number of halogens is 2. The number of imidazole rings is 1. The summed E-state index contributed by atoms with van der Waals surface area (Å²) in [5, 5.41) is 2.92. The third-order valence-corrected chi connectivity index (χ3v) is 2.52. The van der Waals surface area contributed by atoms with Gasteiger partial charge in [0.05, 0.1) is 5.69 Å². The van der Waals surface area contributed by atoms with E-state index in [1.807, 2.05) is 17.7 Å². The van der Waals surface area contributed by atoms with Crippen molar-refractivity contribution in [2.75, 3.05) is 11.9 Å². The van der Waals surface area contributed by atoms with Gasteiger partial charge in [-0.2, -0.15) is 0 Å². The van der Waals surface area contributed by atoms with E-state index in [0.717, 1.165) is 11.9 Å². The molecule has 0 bridgehead atoms. The van der Waals surface area contributed by atoms with Crippen molar-refractivity contribution in [1.29, 1.82) is 0 Å². The van der Waals surface area contributed by atoms with Gasteiger partial charge in [0, 0.05) is 31.5 Å². The second-order valence-electron chi connectivity index (χ2n) is 3.72. The molecule has 0 spiro atoms. The molecule has 90 valence electrons. The Labute approximate surface area is 98.1 Å². The van der Waals surface area contributed by atoms with Gasteiger partial charge in [-0.15, -0.1) is 0 Å². The van der Waals surface area contributed by atoms with Crippen LogP contribution < -0.4 is 5.32 Å². The number of nitrogens with one attached hydrogen (secondary N) is 1. The number of hydrogen-bond donors (Lipinski definition) is 1. The van der Waals surface area contributed by atoms with Crippen LogP contribution in [0.1, 0.15) is 5.82 Å². The molecule has 0 atom stereocenters. The molecule has 2 rings (SSSR count). The lowest BCUT2D eigenvalue weighted by Gasteiger charge is -2.09. The van der Waals surface area contributed by atoms with Gasteiger partial charge >= 0.3 is 0 Å². The van der Waals surface area contributed by atoms with E-state index in [1.54, 1.807) is 6.20 Å². The summed E-state index contributed by atoms with van der Waals surface area (Å²) in [6, 6.07) is 3.49. The van der Waals surface area contributed by atoms with Crippen LogP contribution in [0.4, 0.5) is 14.5 Å². The molecule has 1 heterocycles. The van der Waals surface area contributed by atoms with Gasteiger partial charge in [-0.05, 0) is 19.1 Å². The van der Waals surface area contributed by atoms with Crippen molar-refractivity contribution in [3.8, 4) is 0 Å². The predicted octanol–water partition coefficient (Wildman–Crippen LogP) is 2.58. The molecule has 0 saturated heterocycles. The molecule has 3 nitrogen and oxygen atoms in total.